The molecular formula is C14H20N2O. The molecule has 0 saturated heterocycles. The molecule has 0 aliphatic rings. The van der Waals surface area contributed by atoms with Gasteiger partial charge in [-0.3, -0.25) is 4.90 Å². The summed E-state index contributed by atoms with van der Waals surface area (Å²) in [6.45, 7) is 5.20. The van der Waals surface area contributed by atoms with Gasteiger partial charge in [0.05, 0.1) is 13.2 Å². The Kier molecular flexibility index (Phi) is 4.99. The maximum atomic E-state index is 9.29. The Balaban J connectivity index is 2.89. The summed E-state index contributed by atoms with van der Waals surface area (Å²) < 4.78 is 5.18. The summed E-state index contributed by atoms with van der Waals surface area (Å²) in [5.74, 6) is 1.34. The molecule has 3 heteroatoms. The highest BCUT2D eigenvalue weighted by Crippen LogP contribution is 2.23. The molecule has 0 aromatic heterocycles. The zero-order valence-corrected chi connectivity index (χ0v) is 11.0. The topological polar surface area (TPSA) is 36.3 Å². The second kappa shape index (κ2) is 6.27. The molecule has 0 saturated carbocycles. The number of hydrogen-bond acceptors (Lipinski definition) is 3. The fourth-order valence-electron chi connectivity index (χ4n) is 1.92. The van der Waals surface area contributed by atoms with Crippen LogP contribution in [0.25, 0.3) is 0 Å². The lowest BCUT2D eigenvalue weighted by Gasteiger charge is -2.24. The highest BCUT2D eigenvalue weighted by atomic mass is 16.5. The summed E-state index contributed by atoms with van der Waals surface area (Å²) in [6.07, 6.45) is 0. The molecular weight excluding hydrogens is 212 g/mol. The van der Waals surface area contributed by atoms with E-state index in [9.17, 15) is 5.26 Å². The number of rotatable bonds is 5. The molecule has 0 fully saturated rings. The molecule has 92 valence electrons. The number of nitriles is 1. The van der Waals surface area contributed by atoms with Gasteiger partial charge in [0.25, 0.3) is 0 Å². The summed E-state index contributed by atoms with van der Waals surface area (Å²) in [6, 6.07) is 9.82. The molecule has 0 amide bonds. The van der Waals surface area contributed by atoms with E-state index in [-0.39, 0.29) is 6.04 Å². The van der Waals surface area contributed by atoms with E-state index in [1.54, 1.807) is 7.11 Å². The largest absolute Gasteiger partial charge is 0.497 e. The molecule has 1 atom stereocenters. The first-order chi connectivity index (χ1) is 8.08. The fourth-order valence-corrected chi connectivity index (χ4v) is 1.92. The van der Waals surface area contributed by atoms with Gasteiger partial charge in [0.1, 0.15) is 11.8 Å². The van der Waals surface area contributed by atoms with E-state index in [2.05, 4.69) is 24.8 Å². The SMILES string of the molecule is COc1cccc(C(C#N)N(C)CC(C)C)c1. The predicted molar refractivity (Wildman–Crippen MR) is 68.8 cm³/mol. The van der Waals surface area contributed by atoms with Crippen LogP contribution in [0.5, 0.6) is 5.75 Å². The van der Waals surface area contributed by atoms with E-state index < -0.39 is 0 Å². The number of methoxy groups -OCH3 is 1. The van der Waals surface area contributed by atoms with Crippen LogP contribution in [0.2, 0.25) is 0 Å². The van der Waals surface area contributed by atoms with Crippen molar-refractivity contribution in [2.24, 2.45) is 5.92 Å². The maximum Gasteiger partial charge on any atom is 0.123 e. The average molecular weight is 232 g/mol. The lowest BCUT2D eigenvalue weighted by Crippen LogP contribution is -2.27. The van der Waals surface area contributed by atoms with Crippen LogP contribution in [0, 0.1) is 17.2 Å². The minimum absolute atomic E-state index is 0.215. The first kappa shape index (κ1) is 13.5. The average Bonchev–Trinajstić information content (AvgIpc) is 2.29. The zero-order valence-electron chi connectivity index (χ0n) is 11.0. The fraction of sp³-hybridized carbons (Fsp3) is 0.500. The summed E-state index contributed by atoms with van der Waals surface area (Å²) >= 11 is 0. The van der Waals surface area contributed by atoms with Crippen LogP contribution in [-0.2, 0) is 0 Å². The van der Waals surface area contributed by atoms with E-state index in [4.69, 9.17) is 4.74 Å². The van der Waals surface area contributed by atoms with E-state index in [0.29, 0.717) is 5.92 Å². The van der Waals surface area contributed by atoms with Gasteiger partial charge < -0.3 is 4.74 Å². The molecule has 1 rings (SSSR count). The van der Waals surface area contributed by atoms with Gasteiger partial charge in [-0.2, -0.15) is 5.26 Å². The molecule has 3 nitrogen and oxygen atoms in total. The van der Waals surface area contributed by atoms with Crippen LogP contribution in [0.4, 0.5) is 0 Å². The van der Waals surface area contributed by atoms with Crippen LogP contribution in [-0.4, -0.2) is 25.6 Å². The van der Waals surface area contributed by atoms with E-state index in [1.807, 2.05) is 31.3 Å². The third kappa shape index (κ3) is 3.76. The Bertz CT molecular complexity index is 395. The summed E-state index contributed by atoms with van der Waals surface area (Å²) in [5.41, 5.74) is 0.981. The first-order valence-corrected chi connectivity index (χ1v) is 5.82. The zero-order chi connectivity index (χ0) is 12.8. The minimum atomic E-state index is -0.215. The molecule has 0 N–H and O–H groups in total. The van der Waals surface area contributed by atoms with Crippen LogP contribution in [0.3, 0.4) is 0 Å². The molecule has 17 heavy (non-hydrogen) atoms. The van der Waals surface area contributed by atoms with Crippen LogP contribution in [0.15, 0.2) is 24.3 Å². The monoisotopic (exact) mass is 232 g/mol. The Morgan fingerprint density at radius 3 is 2.65 bits per heavy atom. The van der Waals surface area contributed by atoms with Crippen molar-refractivity contribution in [1.82, 2.24) is 4.90 Å². The van der Waals surface area contributed by atoms with Gasteiger partial charge in [0.15, 0.2) is 0 Å². The van der Waals surface area contributed by atoms with Crippen LogP contribution >= 0.6 is 0 Å². The molecule has 1 aromatic carbocycles. The Morgan fingerprint density at radius 1 is 1.41 bits per heavy atom. The van der Waals surface area contributed by atoms with Crippen molar-refractivity contribution < 1.29 is 4.74 Å². The van der Waals surface area contributed by atoms with Crippen molar-refractivity contribution in [2.75, 3.05) is 20.7 Å². The Hall–Kier alpha value is -1.53. The van der Waals surface area contributed by atoms with Crippen molar-refractivity contribution in [1.29, 1.82) is 5.26 Å². The van der Waals surface area contributed by atoms with E-state index in [0.717, 1.165) is 17.9 Å². The number of hydrogen-bond donors (Lipinski definition) is 0. The first-order valence-electron chi connectivity index (χ1n) is 5.82. The van der Waals surface area contributed by atoms with Crippen molar-refractivity contribution in [2.45, 2.75) is 19.9 Å². The van der Waals surface area contributed by atoms with Gasteiger partial charge in [0, 0.05) is 6.54 Å². The van der Waals surface area contributed by atoms with Crippen molar-refractivity contribution in [3.8, 4) is 11.8 Å². The highest BCUT2D eigenvalue weighted by Gasteiger charge is 2.17. The maximum absolute atomic E-state index is 9.29. The van der Waals surface area contributed by atoms with Gasteiger partial charge in [-0.05, 0) is 30.7 Å². The van der Waals surface area contributed by atoms with Gasteiger partial charge in [0.2, 0.25) is 0 Å². The van der Waals surface area contributed by atoms with Crippen molar-refractivity contribution >= 4 is 0 Å². The molecule has 0 aliphatic heterocycles. The van der Waals surface area contributed by atoms with Gasteiger partial charge in [-0.1, -0.05) is 26.0 Å². The number of benzene rings is 1. The molecule has 0 aliphatic carbocycles. The number of nitrogens with zero attached hydrogens (tertiary/aromatic N) is 2. The third-order valence-corrected chi connectivity index (χ3v) is 2.63. The molecule has 0 radical (unpaired) electrons. The van der Waals surface area contributed by atoms with Gasteiger partial charge in [-0.25, -0.2) is 0 Å². The minimum Gasteiger partial charge on any atom is -0.497 e. The number of ether oxygens (including phenoxy) is 1. The second-order valence-electron chi connectivity index (χ2n) is 4.64. The normalized spacial score (nSPS) is 12.5. The molecule has 1 unspecified atom stereocenters. The standard InChI is InChI=1S/C14H20N2O/c1-11(2)10-16(3)14(9-15)12-6-5-7-13(8-12)17-4/h5-8,11,14H,10H2,1-4H3. The van der Waals surface area contributed by atoms with Crippen molar-refractivity contribution in [3.05, 3.63) is 29.8 Å². The smallest absolute Gasteiger partial charge is 0.123 e. The van der Waals surface area contributed by atoms with Crippen molar-refractivity contribution in [3.63, 3.8) is 0 Å². The second-order valence-corrected chi connectivity index (χ2v) is 4.64. The quantitative estimate of drug-likeness (QED) is 0.783. The predicted octanol–water partition coefficient (Wildman–Crippen LogP) is 2.85. The van der Waals surface area contributed by atoms with E-state index >= 15 is 0 Å². The summed E-state index contributed by atoms with van der Waals surface area (Å²) in [5, 5.41) is 9.29. The van der Waals surface area contributed by atoms with Gasteiger partial charge >= 0.3 is 0 Å². The molecule has 0 spiro atoms. The molecule has 1 aromatic rings. The third-order valence-electron chi connectivity index (χ3n) is 2.63. The Morgan fingerprint density at radius 2 is 2.12 bits per heavy atom. The molecule has 0 heterocycles. The summed E-state index contributed by atoms with van der Waals surface area (Å²) in [7, 11) is 3.62. The van der Waals surface area contributed by atoms with Gasteiger partial charge in [-0.15, -0.1) is 0 Å². The lowest BCUT2D eigenvalue weighted by atomic mass is 10.1. The lowest BCUT2D eigenvalue weighted by molar-refractivity contribution is 0.258. The van der Waals surface area contributed by atoms with Crippen LogP contribution in [0.1, 0.15) is 25.5 Å². The Labute approximate surface area is 104 Å². The highest BCUT2D eigenvalue weighted by molar-refractivity contribution is 5.33. The van der Waals surface area contributed by atoms with E-state index in [1.165, 1.54) is 0 Å². The molecule has 0 bridgehead atoms. The van der Waals surface area contributed by atoms with Crippen LogP contribution < -0.4 is 4.74 Å². The summed E-state index contributed by atoms with van der Waals surface area (Å²) in [4.78, 5) is 2.07.